The Morgan fingerprint density at radius 3 is 2.56 bits per heavy atom. The Balaban J connectivity index is 2.98. The zero-order valence-electron chi connectivity index (χ0n) is 10.9. The van der Waals surface area contributed by atoms with Gasteiger partial charge >= 0.3 is 0 Å². The molecule has 2 N–H and O–H groups in total. The van der Waals surface area contributed by atoms with Crippen molar-refractivity contribution >= 4 is 27.5 Å². The predicted octanol–water partition coefficient (Wildman–Crippen LogP) is 2.15. The molecule has 0 radical (unpaired) electrons. The molecule has 0 amide bonds. The lowest BCUT2D eigenvalue weighted by atomic mass is 10.3. The molecule has 0 aliphatic rings. The van der Waals surface area contributed by atoms with Gasteiger partial charge in [-0.3, -0.25) is 0 Å². The van der Waals surface area contributed by atoms with Crippen molar-refractivity contribution in [2.24, 2.45) is 0 Å². The molecule has 0 aliphatic carbocycles. The van der Waals surface area contributed by atoms with Crippen molar-refractivity contribution in [2.75, 3.05) is 24.4 Å². The van der Waals surface area contributed by atoms with Crippen LogP contribution in [0.25, 0.3) is 0 Å². The summed E-state index contributed by atoms with van der Waals surface area (Å²) in [6.45, 7) is 1.98. The van der Waals surface area contributed by atoms with Crippen LogP contribution in [0, 0.1) is 0 Å². The lowest BCUT2D eigenvalue weighted by molar-refractivity contribution is 0.558. The third-order valence-electron chi connectivity index (χ3n) is 2.63. The van der Waals surface area contributed by atoms with E-state index in [0.29, 0.717) is 10.6 Å². The Morgan fingerprint density at radius 1 is 1.33 bits per heavy atom. The summed E-state index contributed by atoms with van der Waals surface area (Å²) in [5.41, 5.74) is 0.615. The van der Waals surface area contributed by atoms with Gasteiger partial charge in [-0.15, -0.1) is 0 Å². The van der Waals surface area contributed by atoms with Crippen LogP contribution in [0.1, 0.15) is 13.3 Å². The second-order valence-electron chi connectivity index (χ2n) is 3.93. The Morgan fingerprint density at radius 2 is 2.00 bits per heavy atom. The molecule has 1 aromatic rings. The molecule has 0 aliphatic heterocycles. The maximum atomic E-state index is 12.3. The minimum Gasteiger partial charge on any atom is -0.387 e. The summed E-state index contributed by atoms with van der Waals surface area (Å²) in [6.07, 6.45) is 2.75. The van der Waals surface area contributed by atoms with Crippen molar-refractivity contribution in [3.63, 3.8) is 0 Å². The molecule has 0 saturated heterocycles. The molecule has 1 aromatic carbocycles. The van der Waals surface area contributed by atoms with Gasteiger partial charge in [-0.25, -0.2) is 13.1 Å². The number of rotatable bonds is 7. The first-order chi connectivity index (χ1) is 8.55. The lowest BCUT2D eigenvalue weighted by Crippen LogP contribution is -2.36. The van der Waals surface area contributed by atoms with E-state index in [1.165, 1.54) is 0 Å². The van der Waals surface area contributed by atoms with E-state index < -0.39 is 10.0 Å². The molecule has 0 aromatic heterocycles. The largest absolute Gasteiger partial charge is 0.387 e. The van der Waals surface area contributed by atoms with Crippen LogP contribution in [-0.4, -0.2) is 33.5 Å². The molecule has 18 heavy (non-hydrogen) atoms. The fourth-order valence-corrected chi connectivity index (χ4v) is 3.99. The molecule has 1 unspecified atom stereocenters. The summed E-state index contributed by atoms with van der Waals surface area (Å²) in [6, 6.07) is 6.87. The van der Waals surface area contributed by atoms with Crippen LogP contribution in [0.2, 0.25) is 0 Å². The molecule has 1 rings (SSSR count). The van der Waals surface area contributed by atoms with E-state index in [4.69, 9.17) is 0 Å². The highest BCUT2D eigenvalue weighted by atomic mass is 32.2. The third kappa shape index (κ3) is 3.90. The van der Waals surface area contributed by atoms with E-state index in [1.54, 1.807) is 37.0 Å². The molecule has 1 atom stereocenters. The molecular formula is C12H20N2O2S2. The predicted molar refractivity (Wildman–Crippen MR) is 78.8 cm³/mol. The Kier molecular flexibility index (Phi) is 5.98. The van der Waals surface area contributed by atoms with Gasteiger partial charge in [0.1, 0.15) is 4.90 Å². The SMILES string of the molecule is CCC(CSC)NS(=O)(=O)c1ccccc1NC. The first-order valence-electron chi connectivity index (χ1n) is 5.83. The number of sulfonamides is 1. The van der Waals surface area contributed by atoms with Crippen molar-refractivity contribution in [3.8, 4) is 0 Å². The summed E-state index contributed by atoms with van der Waals surface area (Å²) in [5.74, 6) is 0.775. The fraction of sp³-hybridized carbons (Fsp3) is 0.500. The first kappa shape index (κ1) is 15.3. The Bertz CT molecular complexity index is 475. The Labute approximate surface area is 114 Å². The zero-order valence-corrected chi connectivity index (χ0v) is 12.6. The standard InChI is InChI=1S/C12H20N2O2S2/c1-4-10(9-17-3)14-18(15,16)12-8-6-5-7-11(12)13-2/h5-8,10,13-14H,4,9H2,1-3H3. The smallest absolute Gasteiger partial charge is 0.242 e. The number of benzene rings is 1. The van der Waals surface area contributed by atoms with Crippen molar-refractivity contribution in [3.05, 3.63) is 24.3 Å². The van der Waals surface area contributed by atoms with E-state index in [9.17, 15) is 8.42 Å². The molecule has 0 bridgehead atoms. The number of nitrogens with one attached hydrogen (secondary N) is 2. The van der Waals surface area contributed by atoms with Crippen LogP contribution in [0.3, 0.4) is 0 Å². The second kappa shape index (κ2) is 7.01. The Hall–Kier alpha value is -0.720. The van der Waals surface area contributed by atoms with Gasteiger partial charge in [-0.2, -0.15) is 11.8 Å². The number of hydrogen-bond donors (Lipinski definition) is 2. The quantitative estimate of drug-likeness (QED) is 0.807. The fourth-order valence-electron chi connectivity index (χ4n) is 1.63. The highest BCUT2D eigenvalue weighted by Crippen LogP contribution is 2.20. The van der Waals surface area contributed by atoms with E-state index in [0.717, 1.165) is 12.2 Å². The summed E-state index contributed by atoms with van der Waals surface area (Å²) >= 11 is 1.64. The van der Waals surface area contributed by atoms with Crippen molar-refractivity contribution in [1.29, 1.82) is 0 Å². The minimum atomic E-state index is -3.46. The average Bonchev–Trinajstić information content (AvgIpc) is 2.38. The molecule has 0 saturated carbocycles. The van der Waals surface area contributed by atoms with E-state index in [-0.39, 0.29) is 6.04 Å². The summed E-state index contributed by atoms with van der Waals surface area (Å²) in [7, 11) is -1.75. The minimum absolute atomic E-state index is 0.0325. The van der Waals surface area contributed by atoms with Crippen molar-refractivity contribution in [2.45, 2.75) is 24.3 Å². The number of anilines is 1. The number of hydrogen-bond acceptors (Lipinski definition) is 4. The maximum Gasteiger partial charge on any atom is 0.242 e. The zero-order chi connectivity index (χ0) is 13.6. The lowest BCUT2D eigenvalue weighted by Gasteiger charge is -2.17. The van der Waals surface area contributed by atoms with Gasteiger partial charge in [-0.05, 0) is 24.8 Å². The highest BCUT2D eigenvalue weighted by molar-refractivity contribution is 7.98. The van der Waals surface area contributed by atoms with E-state index in [2.05, 4.69) is 10.0 Å². The third-order valence-corrected chi connectivity index (χ3v) is 4.94. The van der Waals surface area contributed by atoms with Gasteiger partial charge < -0.3 is 5.32 Å². The van der Waals surface area contributed by atoms with Gasteiger partial charge in [0.15, 0.2) is 0 Å². The van der Waals surface area contributed by atoms with Gasteiger partial charge in [0.2, 0.25) is 10.0 Å². The molecule has 0 heterocycles. The molecule has 4 nitrogen and oxygen atoms in total. The molecule has 0 fully saturated rings. The first-order valence-corrected chi connectivity index (χ1v) is 8.71. The number of thioether (sulfide) groups is 1. The van der Waals surface area contributed by atoms with E-state index in [1.807, 2.05) is 19.2 Å². The van der Waals surface area contributed by atoms with E-state index >= 15 is 0 Å². The van der Waals surface area contributed by atoms with Crippen LogP contribution >= 0.6 is 11.8 Å². The average molecular weight is 288 g/mol. The number of para-hydroxylation sites is 1. The second-order valence-corrected chi connectivity index (χ2v) is 6.52. The summed E-state index contributed by atoms with van der Waals surface area (Å²) in [5, 5.41) is 2.90. The van der Waals surface area contributed by atoms with Crippen LogP contribution in [0.5, 0.6) is 0 Å². The molecule has 6 heteroatoms. The molecule has 0 spiro atoms. The van der Waals surface area contributed by atoms with Gasteiger partial charge in [0.05, 0.1) is 5.69 Å². The van der Waals surface area contributed by atoms with Crippen LogP contribution in [0.15, 0.2) is 29.2 Å². The molecular weight excluding hydrogens is 268 g/mol. The molecule has 102 valence electrons. The van der Waals surface area contributed by atoms with Crippen molar-refractivity contribution < 1.29 is 8.42 Å². The van der Waals surface area contributed by atoms with Gasteiger partial charge in [-0.1, -0.05) is 19.1 Å². The van der Waals surface area contributed by atoms with Gasteiger partial charge in [0.25, 0.3) is 0 Å². The highest BCUT2D eigenvalue weighted by Gasteiger charge is 2.21. The van der Waals surface area contributed by atoms with Crippen LogP contribution in [-0.2, 0) is 10.0 Å². The summed E-state index contributed by atoms with van der Waals surface area (Å²) in [4.78, 5) is 0.298. The normalized spacial score (nSPS) is 13.3. The van der Waals surface area contributed by atoms with Gasteiger partial charge in [0, 0.05) is 18.8 Å². The topological polar surface area (TPSA) is 58.2 Å². The monoisotopic (exact) mass is 288 g/mol. The van der Waals surface area contributed by atoms with Crippen molar-refractivity contribution in [1.82, 2.24) is 4.72 Å². The van der Waals surface area contributed by atoms with Crippen LogP contribution < -0.4 is 10.0 Å². The van der Waals surface area contributed by atoms with Crippen LogP contribution in [0.4, 0.5) is 5.69 Å². The summed E-state index contributed by atoms with van der Waals surface area (Å²) < 4.78 is 27.3. The maximum absolute atomic E-state index is 12.3.